The number of rotatable bonds is 5. The normalized spacial score (nSPS) is 10.6. The van der Waals surface area contributed by atoms with Crippen LogP contribution in [0.1, 0.15) is 4.88 Å². The van der Waals surface area contributed by atoms with E-state index < -0.39 is 24.3 Å². The molecule has 2 rings (SSSR count). The van der Waals surface area contributed by atoms with Crippen molar-refractivity contribution in [2.75, 3.05) is 11.9 Å². The first-order chi connectivity index (χ1) is 10.5. The lowest BCUT2D eigenvalue weighted by molar-refractivity contribution is -0.142. The van der Waals surface area contributed by atoms with Crippen LogP contribution >= 0.6 is 22.9 Å². The predicted molar refractivity (Wildman–Crippen MR) is 84.4 cm³/mol. The van der Waals surface area contributed by atoms with E-state index in [-0.39, 0.29) is 10.7 Å². The van der Waals surface area contributed by atoms with Gasteiger partial charge in [-0.3, -0.25) is 4.79 Å². The number of anilines is 1. The van der Waals surface area contributed by atoms with Crippen molar-refractivity contribution < 1.29 is 18.7 Å². The number of hydrogen-bond acceptors (Lipinski definition) is 4. The zero-order chi connectivity index (χ0) is 15.9. The van der Waals surface area contributed by atoms with Gasteiger partial charge < -0.3 is 10.1 Å². The first-order valence-electron chi connectivity index (χ1n) is 6.18. The van der Waals surface area contributed by atoms with E-state index in [0.717, 1.165) is 10.9 Å². The molecule has 2 aromatic rings. The molecule has 0 fully saturated rings. The highest BCUT2D eigenvalue weighted by Crippen LogP contribution is 2.19. The fraction of sp³-hybridized carbons (Fsp3) is 0.0667. The molecule has 0 spiro atoms. The van der Waals surface area contributed by atoms with Crippen molar-refractivity contribution in [3.63, 3.8) is 0 Å². The number of halogens is 2. The number of hydrogen-bond donors (Lipinski definition) is 1. The molecule has 1 aromatic heterocycles. The van der Waals surface area contributed by atoms with E-state index in [4.69, 9.17) is 16.3 Å². The average molecular weight is 340 g/mol. The van der Waals surface area contributed by atoms with Crippen molar-refractivity contribution in [3.8, 4) is 0 Å². The van der Waals surface area contributed by atoms with E-state index in [2.05, 4.69) is 5.32 Å². The van der Waals surface area contributed by atoms with Gasteiger partial charge in [0, 0.05) is 16.0 Å². The van der Waals surface area contributed by atoms with Crippen molar-refractivity contribution in [2.45, 2.75) is 0 Å². The number of carbonyl (C=O) groups is 2. The molecule has 0 aliphatic carbocycles. The summed E-state index contributed by atoms with van der Waals surface area (Å²) in [5.41, 5.74) is -0.0670. The molecule has 0 saturated carbocycles. The largest absolute Gasteiger partial charge is 0.452 e. The van der Waals surface area contributed by atoms with Gasteiger partial charge in [0.15, 0.2) is 6.61 Å². The number of nitrogens with one attached hydrogen (secondary N) is 1. The van der Waals surface area contributed by atoms with Crippen LogP contribution < -0.4 is 5.32 Å². The average Bonchev–Trinajstić information content (AvgIpc) is 3.00. The Balaban J connectivity index is 1.82. The SMILES string of the molecule is O=C(COC(=O)/C=C/c1cccs1)Nc1cc(Cl)ccc1F. The molecule has 114 valence electrons. The summed E-state index contributed by atoms with van der Waals surface area (Å²) in [4.78, 5) is 23.9. The minimum Gasteiger partial charge on any atom is -0.452 e. The van der Waals surface area contributed by atoms with E-state index in [1.54, 1.807) is 6.08 Å². The Morgan fingerprint density at radius 3 is 2.91 bits per heavy atom. The Morgan fingerprint density at radius 1 is 1.36 bits per heavy atom. The fourth-order valence-electron chi connectivity index (χ4n) is 1.50. The Hall–Kier alpha value is -2.18. The quantitative estimate of drug-likeness (QED) is 0.667. The Kier molecular flexibility index (Phi) is 5.68. The van der Waals surface area contributed by atoms with Crippen LogP contribution in [0.2, 0.25) is 5.02 Å². The van der Waals surface area contributed by atoms with Gasteiger partial charge in [-0.25, -0.2) is 9.18 Å². The molecule has 22 heavy (non-hydrogen) atoms. The molecule has 1 aromatic carbocycles. The standard InChI is InChI=1S/C15H11ClFNO3S/c16-10-3-5-12(17)13(8-10)18-14(19)9-21-15(20)6-4-11-2-1-7-22-11/h1-8H,9H2,(H,18,19)/b6-4+. The first kappa shape index (κ1) is 16.2. The monoisotopic (exact) mass is 339 g/mol. The van der Waals surface area contributed by atoms with Gasteiger partial charge in [-0.15, -0.1) is 11.3 Å². The van der Waals surface area contributed by atoms with Crippen molar-refractivity contribution in [1.82, 2.24) is 0 Å². The third-order valence-electron chi connectivity index (χ3n) is 2.47. The van der Waals surface area contributed by atoms with E-state index in [9.17, 15) is 14.0 Å². The number of benzene rings is 1. The van der Waals surface area contributed by atoms with Gasteiger partial charge in [-0.2, -0.15) is 0 Å². The minimum absolute atomic E-state index is 0.0670. The van der Waals surface area contributed by atoms with Gasteiger partial charge in [0.1, 0.15) is 5.82 Å². The highest BCUT2D eigenvalue weighted by molar-refractivity contribution is 7.10. The highest BCUT2D eigenvalue weighted by atomic mass is 35.5. The van der Waals surface area contributed by atoms with Crippen LogP contribution in [0.3, 0.4) is 0 Å². The number of carbonyl (C=O) groups excluding carboxylic acids is 2. The molecule has 1 heterocycles. The van der Waals surface area contributed by atoms with Gasteiger partial charge in [-0.1, -0.05) is 17.7 Å². The molecular formula is C15H11ClFNO3S. The summed E-state index contributed by atoms with van der Waals surface area (Å²) in [6.45, 7) is -0.514. The van der Waals surface area contributed by atoms with Crippen molar-refractivity contribution >= 4 is 46.6 Å². The van der Waals surface area contributed by atoms with Crippen LogP contribution in [0.5, 0.6) is 0 Å². The van der Waals surface area contributed by atoms with Crippen molar-refractivity contribution in [2.24, 2.45) is 0 Å². The van der Waals surface area contributed by atoms with E-state index >= 15 is 0 Å². The topological polar surface area (TPSA) is 55.4 Å². The smallest absolute Gasteiger partial charge is 0.331 e. The second-order valence-electron chi connectivity index (χ2n) is 4.13. The lowest BCUT2D eigenvalue weighted by Crippen LogP contribution is -2.20. The van der Waals surface area contributed by atoms with Gasteiger partial charge >= 0.3 is 5.97 Å². The predicted octanol–water partition coefficient (Wildman–Crippen LogP) is 3.74. The van der Waals surface area contributed by atoms with E-state index in [1.807, 2.05) is 17.5 Å². The minimum atomic E-state index is -0.657. The summed E-state index contributed by atoms with van der Waals surface area (Å²) in [5, 5.41) is 4.44. The molecule has 1 amide bonds. The van der Waals surface area contributed by atoms with E-state index in [0.29, 0.717) is 0 Å². The summed E-state index contributed by atoms with van der Waals surface area (Å²) in [6.07, 6.45) is 2.81. The summed E-state index contributed by atoms with van der Waals surface area (Å²) < 4.78 is 18.2. The highest BCUT2D eigenvalue weighted by Gasteiger charge is 2.09. The summed E-state index contributed by atoms with van der Waals surface area (Å²) in [7, 11) is 0. The van der Waals surface area contributed by atoms with Gasteiger partial charge in [0.25, 0.3) is 5.91 Å². The maximum atomic E-state index is 13.4. The van der Waals surface area contributed by atoms with Gasteiger partial charge in [0.05, 0.1) is 5.69 Å². The molecule has 0 radical (unpaired) electrons. The molecule has 4 nitrogen and oxygen atoms in total. The molecule has 0 aliphatic rings. The summed E-state index contributed by atoms with van der Waals surface area (Å²) in [5.74, 6) is -1.93. The molecule has 0 aliphatic heterocycles. The number of thiophene rings is 1. The second-order valence-corrected chi connectivity index (χ2v) is 5.54. The molecule has 0 bridgehead atoms. The maximum Gasteiger partial charge on any atom is 0.331 e. The lowest BCUT2D eigenvalue weighted by atomic mass is 10.3. The van der Waals surface area contributed by atoms with Crippen LogP contribution in [-0.4, -0.2) is 18.5 Å². The maximum absolute atomic E-state index is 13.4. The first-order valence-corrected chi connectivity index (χ1v) is 7.43. The van der Waals surface area contributed by atoms with Crippen molar-refractivity contribution in [1.29, 1.82) is 0 Å². The van der Waals surface area contributed by atoms with Crippen LogP contribution in [0, 0.1) is 5.82 Å². The molecule has 0 saturated heterocycles. The Bertz CT molecular complexity index is 701. The second kappa shape index (κ2) is 7.72. The van der Waals surface area contributed by atoms with Crippen molar-refractivity contribution in [3.05, 3.63) is 57.5 Å². The summed E-state index contributed by atoms with van der Waals surface area (Å²) >= 11 is 7.17. The third-order valence-corrected chi connectivity index (χ3v) is 3.55. The molecule has 0 atom stereocenters. The zero-order valence-electron chi connectivity index (χ0n) is 11.2. The van der Waals surface area contributed by atoms with Crippen LogP contribution in [0.15, 0.2) is 41.8 Å². The van der Waals surface area contributed by atoms with E-state index in [1.165, 1.54) is 29.5 Å². The molecule has 0 unspecified atom stereocenters. The fourth-order valence-corrected chi connectivity index (χ4v) is 2.29. The molecule has 1 N–H and O–H groups in total. The number of ether oxygens (including phenoxy) is 1. The van der Waals surface area contributed by atoms with Gasteiger partial charge in [0.2, 0.25) is 0 Å². The molecule has 7 heteroatoms. The lowest BCUT2D eigenvalue weighted by Gasteiger charge is -2.06. The number of amides is 1. The Morgan fingerprint density at radius 2 is 2.18 bits per heavy atom. The summed E-state index contributed by atoms with van der Waals surface area (Å²) in [6, 6.07) is 7.45. The Labute approximate surface area is 135 Å². The van der Waals surface area contributed by atoms with Crippen LogP contribution in [0.25, 0.3) is 6.08 Å². The van der Waals surface area contributed by atoms with Gasteiger partial charge in [-0.05, 0) is 35.7 Å². The van der Waals surface area contributed by atoms with Crippen LogP contribution in [-0.2, 0) is 14.3 Å². The number of esters is 1. The van der Waals surface area contributed by atoms with Crippen LogP contribution in [0.4, 0.5) is 10.1 Å². The molecular weight excluding hydrogens is 329 g/mol. The third kappa shape index (κ3) is 4.98. The zero-order valence-corrected chi connectivity index (χ0v) is 12.8.